The average molecular weight is 403 g/mol. The van der Waals surface area contributed by atoms with Gasteiger partial charge in [0.25, 0.3) is 0 Å². The molecule has 0 spiro atoms. The van der Waals surface area contributed by atoms with Crippen LogP contribution in [0, 0.1) is 11.3 Å². The second-order valence-electron chi connectivity index (χ2n) is 9.60. The Labute approximate surface area is 181 Å². The van der Waals surface area contributed by atoms with Crippen LogP contribution in [0.1, 0.15) is 64.4 Å². The van der Waals surface area contributed by atoms with Crippen LogP contribution in [0.2, 0.25) is 0 Å². The standard InChI is InChI=1S/C28H34O2/c1-19(2)23-14-12-21(13-15-23)16-24-18-28(17-22-8-5-4-6-9-22)25(20(3)27(24)30)10-7-11-26(28)29/h4-6,8-9,12,16,23,26,29H,1,7,10-11,13-15,17-18H2,2-3H3/t23-,26+,28+/m1/s1. The predicted molar refractivity (Wildman–Crippen MR) is 123 cm³/mol. The van der Waals surface area contributed by atoms with Crippen LogP contribution in [0.15, 0.2) is 76.9 Å². The molecular formula is C28H34O2. The van der Waals surface area contributed by atoms with Crippen LogP contribution in [0.5, 0.6) is 0 Å². The lowest BCUT2D eigenvalue weighted by Gasteiger charge is -2.48. The van der Waals surface area contributed by atoms with Crippen molar-refractivity contribution in [3.05, 3.63) is 82.5 Å². The lowest BCUT2D eigenvalue weighted by atomic mass is 9.57. The molecule has 0 aromatic heterocycles. The quantitative estimate of drug-likeness (QED) is 0.475. The summed E-state index contributed by atoms with van der Waals surface area (Å²) in [5, 5.41) is 11.2. The number of fused-ring (bicyclic) bond motifs is 1. The minimum atomic E-state index is -0.402. The summed E-state index contributed by atoms with van der Waals surface area (Å²) < 4.78 is 0. The zero-order valence-corrected chi connectivity index (χ0v) is 18.4. The molecule has 3 aliphatic carbocycles. The molecule has 1 aromatic carbocycles. The molecule has 1 N–H and O–H groups in total. The van der Waals surface area contributed by atoms with Crippen molar-refractivity contribution in [3.63, 3.8) is 0 Å². The lowest BCUT2D eigenvalue weighted by molar-refractivity contribution is -0.113. The molecule has 0 heterocycles. The van der Waals surface area contributed by atoms with Gasteiger partial charge in [-0.2, -0.15) is 0 Å². The number of carbonyl (C=O) groups excluding carboxylic acids is 1. The van der Waals surface area contributed by atoms with Crippen LogP contribution in [-0.4, -0.2) is 17.0 Å². The first kappa shape index (κ1) is 21.1. The van der Waals surface area contributed by atoms with E-state index >= 15 is 0 Å². The monoisotopic (exact) mass is 402 g/mol. The van der Waals surface area contributed by atoms with E-state index in [4.69, 9.17) is 0 Å². The molecule has 2 nitrogen and oxygen atoms in total. The molecule has 0 aliphatic heterocycles. The van der Waals surface area contributed by atoms with E-state index in [0.717, 1.165) is 56.1 Å². The van der Waals surface area contributed by atoms with Gasteiger partial charge in [0, 0.05) is 11.0 Å². The fourth-order valence-corrected chi connectivity index (χ4v) is 5.80. The highest BCUT2D eigenvalue weighted by atomic mass is 16.3. The third-order valence-electron chi connectivity index (χ3n) is 7.60. The molecule has 4 rings (SSSR count). The van der Waals surface area contributed by atoms with Gasteiger partial charge in [0.05, 0.1) is 6.10 Å². The molecular weight excluding hydrogens is 368 g/mol. The van der Waals surface area contributed by atoms with Crippen molar-refractivity contribution in [2.75, 3.05) is 0 Å². The SMILES string of the molecule is C=C(C)[C@@H]1CC=C(C=C2C[C@@]3(Cc4ccccc4)C(=C(C)C2=O)CCC[C@@H]3O)CC1. The van der Waals surface area contributed by atoms with Crippen LogP contribution in [0.25, 0.3) is 0 Å². The van der Waals surface area contributed by atoms with Crippen molar-refractivity contribution >= 4 is 5.78 Å². The number of aliphatic hydroxyl groups is 1. The molecule has 0 bridgehead atoms. The van der Waals surface area contributed by atoms with Crippen molar-refractivity contribution in [1.29, 1.82) is 0 Å². The molecule has 1 saturated carbocycles. The predicted octanol–water partition coefficient (Wildman–Crippen LogP) is 6.28. The highest BCUT2D eigenvalue weighted by Gasteiger charge is 2.48. The van der Waals surface area contributed by atoms with Gasteiger partial charge in [0.15, 0.2) is 5.78 Å². The number of aliphatic hydroxyl groups excluding tert-OH is 1. The van der Waals surface area contributed by atoms with E-state index < -0.39 is 6.10 Å². The molecule has 0 radical (unpaired) electrons. The Kier molecular flexibility index (Phi) is 5.97. The van der Waals surface area contributed by atoms with Crippen LogP contribution >= 0.6 is 0 Å². The van der Waals surface area contributed by atoms with E-state index in [1.807, 2.05) is 13.0 Å². The van der Waals surface area contributed by atoms with E-state index in [1.165, 1.54) is 22.3 Å². The van der Waals surface area contributed by atoms with E-state index in [-0.39, 0.29) is 11.2 Å². The molecule has 30 heavy (non-hydrogen) atoms. The minimum Gasteiger partial charge on any atom is -0.392 e. The first-order valence-electron chi connectivity index (χ1n) is 11.4. The number of allylic oxidation sites excluding steroid dienone is 6. The molecule has 1 aromatic rings. The van der Waals surface area contributed by atoms with Gasteiger partial charge in [0.1, 0.15) is 0 Å². The third kappa shape index (κ3) is 3.90. The molecule has 3 aliphatic rings. The van der Waals surface area contributed by atoms with Crippen molar-refractivity contribution < 1.29 is 9.90 Å². The Bertz CT molecular complexity index is 931. The van der Waals surface area contributed by atoms with Crippen LogP contribution in [-0.2, 0) is 11.2 Å². The summed E-state index contributed by atoms with van der Waals surface area (Å²) in [5.74, 6) is 0.748. The highest BCUT2D eigenvalue weighted by molar-refractivity contribution is 6.10. The second-order valence-corrected chi connectivity index (χ2v) is 9.60. The van der Waals surface area contributed by atoms with Gasteiger partial charge >= 0.3 is 0 Å². The Morgan fingerprint density at radius 1 is 1.23 bits per heavy atom. The van der Waals surface area contributed by atoms with Crippen molar-refractivity contribution in [1.82, 2.24) is 0 Å². The average Bonchev–Trinajstić information content (AvgIpc) is 2.74. The normalized spacial score (nSPS) is 30.8. The van der Waals surface area contributed by atoms with Crippen LogP contribution in [0.4, 0.5) is 0 Å². The van der Waals surface area contributed by atoms with Crippen molar-refractivity contribution in [2.24, 2.45) is 11.3 Å². The van der Waals surface area contributed by atoms with E-state index in [0.29, 0.717) is 12.3 Å². The molecule has 0 saturated heterocycles. The van der Waals surface area contributed by atoms with E-state index in [2.05, 4.69) is 49.9 Å². The van der Waals surface area contributed by atoms with E-state index in [1.54, 1.807) is 0 Å². The van der Waals surface area contributed by atoms with Crippen molar-refractivity contribution in [2.45, 2.75) is 71.3 Å². The van der Waals surface area contributed by atoms with Gasteiger partial charge in [-0.05, 0) is 82.3 Å². The summed E-state index contributed by atoms with van der Waals surface area (Å²) in [6.07, 6.45) is 11.3. The molecule has 0 unspecified atom stereocenters. The van der Waals surface area contributed by atoms with Gasteiger partial charge < -0.3 is 5.11 Å². The number of hydrogen-bond acceptors (Lipinski definition) is 2. The van der Waals surface area contributed by atoms with Gasteiger partial charge in [-0.1, -0.05) is 65.8 Å². The number of hydrogen-bond donors (Lipinski definition) is 1. The highest BCUT2D eigenvalue weighted by Crippen LogP contribution is 2.52. The number of ketones is 1. The number of carbonyl (C=O) groups is 1. The van der Waals surface area contributed by atoms with Crippen LogP contribution in [0.3, 0.4) is 0 Å². The summed E-state index contributed by atoms with van der Waals surface area (Å²) in [5.41, 5.74) is 6.37. The maximum absolute atomic E-state index is 13.3. The fourth-order valence-electron chi connectivity index (χ4n) is 5.80. The molecule has 3 atom stereocenters. The zero-order valence-electron chi connectivity index (χ0n) is 18.4. The number of rotatable bonds is 4. The second kappa shape index (κ2) is 8.51. The fraction of sp³-hybridized carbons (Fsp3) is 0.464. The first-order valence-corrected chi connectivity index (χ1v) is 11.4. The topological polar surface area (TPSA) is 37.3 Å². The van der Waals surface area contributed by atoms with E-state index in [9.17, 15) is 9.90 Å². The Balaban J connectivity index is 1.71. The van der Waals surface area contributed by atoms with Gasteiger partial charge in [0.2, 0.25) is 0 Å². The molecule has 0 amide bonds. The summed E-state index contributed by atoms with van der Waals surface area (Å²) in [6, 6.07) is 10.4. The summed E-state index contributed by atoms with van der Waals surface area (Å²) in [7, 11) is 0. The minimum absolute atomic E-state index is 0.186. The Hall–Kier alpha value is -2.19. The third-order valence-corrected chi connectivity index (χ3v) is 7.60. The van der Waals surface area contributed by atoms with Crippen molar-refractivity contribution in [3.8, 4) is 0 Å². The molecule has 1 fully saturated rings. The summed E-state index contributed by atoms with van der Waals surface area (Å²) >= 11 is 0. The number of benzene rings is 1. The van der Waals surface area contributed by atoms with Gasteiger partial charge in [-0.25, -0.2) is 0 Å². The lowest BCUT2D eigenvalue weighted by Crippen LogP contribution is -2.46. The van der Waals surface area contributed by atoms with Gasteiger partial charge in [-0.3, -0.25) is 4.79 Å². The largest absolute Gasteiger partial charge is 0.392 e. The number of Topliss-reactive ketones (excluding diaryl/α,β-unsaturated/α-hetero) is 1. The Morgan fingerprint density at radius 3 is 2.67 bits per heavy atom. The maximum Gasteiger partial charge on any atom is 0.184 e. The van der Waals surface area contributed by atoms with Gasteiger partial charge in [-0.15, -0.1) is 0 Å². The van der Waals surface area contributed by atoms with Crippen LogP contribution < -0.4 is 0 Å². The first-order chi connectivity index (χ1) is 14.4. The zero-order chi connectivity index (χ0) is 21.3. The molecule has 2 heteroatoms. The summed E-state index contributed by atoms with van der Waals surface area (Å²) in [4.78, 5) is 13.3. The Morgan fingerprint density at radius 2 is 2.00 bits per heavy atom. The summed E-state index contributed by atoms with van der Waals surface area (Å²) in [6.45, 7) is 8.20. The smallest absolute Gasteiger partial charge is 0.184 e. The molecule has 158 valence electrons. The maximum atomic E-state index is 13.3.